The quantitative estimate of drug-likeness (QED) is 0.0572. The van der Waals surface area contributed by atoms with Crippen molar-refractivity contribution >= 4 is 52.3 Å². The summed E-state index contributed by atoms with van der Waals surface area (Å²) in [5, 5.41) is 32.7. The molecule has 14 nitrogen and oxygen atoms in total. The van der Waals surface area contributed by atoms with Crippen molar-refractivity contribution in [3.63, 3.8) is 0 Å². The lowest BCUT2D eigenvalue weighted by Gasteiger charge is -2.63. The van der Waals surface area contributed by atoms with Crippen LogP contribution >= 0.6 is 22.9 Å². The maximum atomic E-state index is 14.1. The first-order valence-corrected chi connectivity index (χ1v) is 24.5. The smallest absolute Gasteiger partial charge is 0.251 e. The molecule has 364 valence electrons. The molecule has 68 heavy (non-hydrogen) atoms. The first-order valence-electron chi connectivity index (χ1n) is 23.3. The first-order chi connectivity index (χ1) is 32.1. The Morgan fingerprint density at radius 2 is 1.68 bits per heavy atom. The number of benzene rings is 3. The molecule has 3 aromatic carbocycles. The Morgan fingerprint density at radius 1 is 0.985 bits per heavy atom. The summed E-state index contributed by atoms with van der Waals surface area (Å²) in [6, 6.07) is 20.1. The van der Waals surface area contributed by atoms with Gasteiger partial charge in [-0.2, -0.15) is 5.26 Å². The molecule has 2 fully saturated rings. The van der Waals surface area contributed by atoms with Crippen LogP contribution in [0.1, 0.15) is 114 Å². The van der Waals surface area contributed by atoms with Crippen LogP contribution in [0.15, 0.2) is 72.2 Å². The van der Waals surface area contributed by atoms with Gasteiger partial charge in [0.05, 0.1) is 38.8 Å². The number of rotatable bonds is 19. The maximum absolute atomic E-state index is 14.1. The number of ether oxygens (including phenoxy) is 2. The zero-order valence-corrected chi connectivity index (χ0v) is 42.1. The molecule has 4 atom stereocenters. The van der Waals surface area contributed by atoms with Crippen molar-refractivity contribution in [2.75, 3.05) is 31.6 Å². The van der Waals surface area contributed by atoms with E-state index in [0.29, 0.717) is 35.1 Å². The van der Waals surface area contributed by atoms with E-state index in [4.69, 9.17) is 21.1 Å². The molecule has 1 saturated carbocycles. The minimum atomic E-state index is -0.952. The van der Waals surface area contributed by atoms with Crippen molar-refractivity contribution in [1.29, 1.82) is 5.26 Å². The zero-order valence-electron chi connectivity index (χ0n) is 40.6. The van der Waals surface area contributed by atoms with Gasteiger partial charge >= 0.3 is 0 Å². The largest absolute Gasteiger partial charge is 0.489 e. The number of nitrogens with one attached hydrogen (secondary N) is 4. The van der Waals surface area contributed by atoms with Gasteiger partial charge in [0, 0.05) is 60.3 Å². The SMILES string of the molecule is Cc1ncsc1-c1ccc([C@H](C)NC(=O)[C@@H]2C[C@@H](O)CN2C(=O)[C@@H](NC(=O)COCCCCCNc2ccc(C(=O)NC3C(C)(C)C(Oc4ccc(C#N)c(Cl)c4)C3(C)C)cc2)C(C)(C)C)cc1. The van der Waals surface area contributed by atoms with Crippen molar-refractivity contribution < 1.29 is 33.8 Å². The highest BCUT2D eigenvalue weighted by atomic mass is 35.5. The van der Waals surface area contributed by atoms with Gasteiger partial charge in [0.15, 0.2) is 0 Å². The van der Waals surface area contributed by atoms with Crippen molar-refractivity contribution in [2.24, 2.45) is 16.2 Å². The minimum Gasteiger partial charge on any atom is -0.489 e. The summed E-state index contributed by atoms with van der Waals surface area (Å²) in [4.78, 5) is 61.0. The normalized spacial score (nSPS) is 20.3. The highest BCUT2D eigenvalue weighted by molar-refractivity contribution is 7.13. The summed E-state index contributed by atoms with van der Waals surface area (Å²) in [5.41, 5.74) is 5.11. The van der Waals surface area contributed by atoms with Gasteiger partial charge < -0.3 is 40.7 Å². The summed E-state index contributed by atoms with van der Waals surface area (Å²) < 4.78 is 12.1. The van der Waals surface area contributed by atoms with Gasteiger partial charge in [-0.05, 0) is 86.1 Å². The molecular formula is C52H66ClN7O7S. The van der Waals surface area contributed by atoms with Gasteiger partial charge in [0.2, 0.25) is 17.7 Å². The van der Waals surface area contributed by atoms with Gasteiger partial charge in [-0.15, -0.1) is 11.3 Å². The van der Waals surface area contributed by atoms with Crippen LogP contribution in [0.4, 0.5) is 5.69 Å². The topological polar surface area (TPSA) is 195 Å². The lowest BCUT2D eigenvalue weighted by atomic mass is 9.49. The van der Waals surface area contributed by atoms with E-state index in [1.807, 2.05) is 76.5 Å². The van der Waals surface area contributed by atoms with Crippen molar-refractivity contribution in [2.45, 2.75) is 124 Å². The first kappa shape index (κ1) is 51.9. The summed E-state index contributed by atoms with van der Waals surface area (Å²) in [6.07, 6.45) is 1.46. The van der Waals surface area contributed by atoms with Gasteiger partial charge in [0.1, 0.15) is 36.6 Å². The number of carbonyl (C=O) groups excluding carboxylic acids is 4. The van der Waals surface area contributed by atoms with Crippen LogP contribution in [0.25, 0.3) is 10.4 Å². The molecule has 5 N–H and O–H groups in total. The second kappa shape index (κ2) is 21.8. The average Bonchev–Trinajstić information content (AvgIpc) is 3.91. The van der Waals surface area contributed by atoms with Crippen LogP contribution in [0.5, 0.6) is 5.75 Å². The van der Waals surface area contributed by atoms with Crippen LogP contribution in [-0.2, 0) is 19.1 Å². The van der Waals surface area contributed by atoms with E-state index in [1.165, 1.54) is 4.90 Å². The second-order valence-corrected chi connectivity index (χ2v) is 21.6. The molecule has 6 rings (SSSR count). The molecule has 1 saturated heterocycles. The van der Waals surface area contributed by atoms with Gasteiger partial charge in [-0.1, -0.05) is 84.3 Å². The molecule has 1 aromatic heterocycles. The van der Waals surface area contributed by atoms with E-state index in [0.717, 1.165) is 46.6 Å². The second-order valence-electron chi connectivity index (χ2n) is 20.3. The third kappa shape index (κ3) is 12.2. The third-order valence-electron chi connectivity index (χ3n) is 13.2. The lowest BCUT2D eigenvalue weighted by molar-refractivity contribution is -0.164. The number of halogens is 1. The van der Waals surface area contributed by atoms with Gasteiger partial charge in [-0.3, -0.25) is 19.2 Å². The number of anilines is 1. The molecule has 2 aliphatic rings. The van der Waals surface area contributed by atoms with Crippen LogP contribution in [0, 0.1) is 34.5 Å². The van der Waals surface area contributed by atoms with E-state index in [-0.39, 0.29) is 60.4 Å². The maximum Gasteiger partial charge on any atom is 0.251 e. The molecule has 0 radical (unpaired) electrons. The van der Waals surface area contributed by atoms with E-state index in [9.17, 15) is 29.5 Å². The van der Waals surface area contributed by atoms with Gasteiger partial charge in [0.25, 0.3) is 5.91 Å². The van der Waals surface area contributed by atoms with E-state index in [2.05, 4.69) is 60.0 Å². The summed E-state index contributed by atoms with van der Waals surface area (Å²) in [7, 11) is 0. The fourth-order valence-electron chi connectivity index (χ4n) is 9.67. The van der Waals surface area contributed by atoms with E-state index < -0.39 is 35.4 Å². The number of hydrogen-bond donors (Lipinski definition) is 5. The number of unbranched alkanes of at least 4 members (excludes halogenated alkanes) is 2. The molecule has 0 unspecified atom stereocenters. The highest BCUT2D eigenvalue weighted by Crippen LogP contribution is 2.55. The molecule has 0 spiro atoms. The van der Waals surface area contributed by atoms with Crippen LogP contribution in [-0.4, -0.2) is 95.3 Å². The number of nitrogens with zero attached hydrogens (tertiary/aromatic N) is 3. The number of amides is 4. The Labute approximate surface area is 409 Å². The van der Waals surface area contributed by atoms with Gasteiger partial charge in [-0.25, -0.2) is 4.98 Å². The monoisotopic (exact) mass is 967 g/mol. The fourth-order valence-corrected chi connectivity index (χ4v) is 10.7. The number of hydrogen-bond acceptors (Lipinski definition) is 11. The number of aryl methyl sites for hydroxylation is 1. The Morgan fingerprint density at radius 3 is 2.29 bits per heavy atom. The Kier molecular flexibility index (Phi) is 16.6. The number of aliphatic hydroxyl groups excluding tert-OH is 1. The molecule has 1 aliphatic carbocycles. The van der Waals surface area contributed by atoms with Crippen molar-refractivity contribution in [1.82, 2.24) is 25.8 Å². The minimum absolute atomic E-state index is 0.0135. The molecular weight excluding hydrogens is 902 g/mol. The fraction of sp³-hybridized carbons (Fsp3) is 0.500. The zero-order chi connectivity index (χ0) is 49.6. The standard InChI is InChI=1S/C52H66ClN7O7S/c1-31(33-13-15-34(16-14-33)43-32(2)56-30-68-43)57-46(64)41-25-38(61)28-60(41)47(65)44(50(3,4)5)58-42(62)29-66-24-12-10-11-23-55-37-20-17-35(18-21-37)45(63)59-48-51(6,7)49(52(48,8)9)67-39-22-19-36(27-54)40(53)26-39/h13-22,26,30-31,38,41,44,48-49,55,61H,10-12,23-25,28-29H2,1-9H3,(H,57,64)(H,58,62)(H,59,63)/t31-,38+,41-,44+,48?,49?/m0/s1. The van der Waals surface area contributed by atoms with Crippen molar-refractivity contribution in [3.05, 3.63) is 99.6 Å². The number of carbonyl (C=O) groups is 4. The molecule has 2 heterocycles. The molecule has 0 bridgehead atoms. The highest BCUT2D eigenvalue weighted by Gasteiger charge is 2.64. The molecule has 4 aromatic rings. The Bertz CT molecular complexity index is 2450. The Balaban J connectivity index is 0.887. The molecule has 4 amide bonds. The van der Waals surface area contributed by atoms with E-state index in [1.54, 1.807) is 41.7 Å². The summed E-state index contributed by atoms with van der Waals surface area (Å²) in [5.74, 6) is -0.820. The predicted molar refractivity (Wildman–Crippen MR) is 265 cm³/mol. The third-order valence-corrected chi connectivity index (χ3v) is 14.5. The Hall–Kier alpha value is -5.53. The number of β-amino-alcohol motifs (C(OH)–C–C–N with tert-alkyl or cyclic N) is 1. The van der Waals surface area contributed by atoms with Crippen LogP contribution < -0.4 is 26.0 Å². The van der Waals surface area contributed by atoms with Crippen molar-refractivity contribution in [3.8, 4) is 22.3 Å². The average molecular weight is 969 g/mol. The summed E-state index contributed by atoms with van der Waals surface area (Å²) >= 11 is 7.81. The number of thiazole rings is 1. The molecule has 1 aliphatic heterocycles. The lowest BCUT2D eigenvalue weighted by Crippen LogP contribution is -2.74. The number of aliphatic hydroxyl groups is 1. The number of aromatic nitrogens is 1. The summed E-state index contributed by atoms with van der Waals surface area (Å²) in [6.45, 7) is 18.5. The number of likely N-dealkylation sites (tertiary alicyclic amines) is 1. The van der Waals surface area contributed by atoms with E-state index >= 15 is 0 Å². The van der Waals surface area contributed by atoms with Crippen LogP contribution in [0.2, 0.25) is 5.02 Å². The number of nitriles is 1. The predicted octanol–water partition coefficient (Wildman–Crippen LogP) is 8.22. The molecule has 16 heteroatoms. The van der Waals surface area contributed by atoms with Crippen LogP contribution in [0.3, 0.4) is 0 Å².